The molecule has 59 heavy (non-hydrogen) atoms. The summed E-state index contributed by atoms with van der Waals surface area (Å²) < 4.78 is 37.7. The molecule has 8 heterocycles. The number of nitrogens with zero attached hydrogens (tertiary/aromatic N) is 9. The fourth-order valence-electron chi connectivity index (χ4n) is 9.93. The molecule has 3 aromatic heterocycles. The molecule has 19 heteroatoms. The smallest absolute Gasteiger partial charge is 0.284 e. The van der Waals surface area contributed by atoms with E-state index in [4.69, 9.17) is 4.74 Å². The number of carbonyl (C=O) groups is 4. The first-order valence-corrected chi connectivity index (χ1v) is 21.0. The molecule has 4 atom stereocenters. The van der Waals surface area contributed by atoms with Gasteiger partial charge in [-0.25, -0.2) is 18.3 Å². The number of rotatable bonds is 9. The number of imide groups is 1. The van der Waals surface area contributed by atoms with Gasteiger partial charge < -0.3 is 24.8 Å². The van der Waals surface area contributed by atoms with E-state index >= 15 is 0 Å². The van der Waals surface area contributed by atoms with Crippen LogP contribution in [-0.2, 0) is 14.3 Å². The van der Waals surface area contributed by atoms with Crippen LogP contribution >= 0.6 is 12.6 Å². The average molecular weight is 830 g/mol. The maximum absolute atomic E-state index is 14.4. The van der Waals surface area contributed by atoms with E-state index in [0.717, 1.165) is 76.1 Å². The summed E-state index contributed by atoms with van der Waals surface area (Å²) in [5, 5.41) is 13.5. The number of fused-ring (bicyclic) bond motifs is 4. The van der Waals surface area contributed by atoms with Gasteiger partial charge in [0.05, 0.1) is 30.5 Å². The van der Waals surface area contributed by atoms with Crippen molar-refractivity contribution >= 4 is 59.1 Å². The number of alkyl halides is 2. The van der Waals surface area contributed by atoms with Crippen LogP contribution in [0.4, 0.5) is 26.0 Å². The lowest BCUT2D eigenvalue weighted by Gasteiger charge is -2.39. The Balaban J connectivity index is 0.747. The lowest BCUT2D eigenvalue weighted by atomic mass is 9.85. The van der Waals surface area contributed by atoms with Crippen LogP contribution in [0.15, 0.2) is 42.9 Å². The summed E-state index contributed by atoms with van der Waals surface area (Å²) in [6.45, 7) is 5.39. The number of morpholine rings is 1. The molecule has 0 unspecified atom stereocenters. The number of ether oxygens (including phenoxy) is 1. The largest absolute Gasteiger partial charge is 0.374 e. The molecule has 4 aromatic rings. The normalized spacial score (nSPS) is 27.3. The van der Waals surface area contributed by atoms with Gasteiger partial charge in [-0.2, -0.15) is 5.10 Å². The molecule has 4 saturated heterocycles. The number of nitrogens with one attached hydrogen (secondary N) is 2. The number of piperidine rings is 1. The number of piperazine rings is 1. The van der Waals surface area contributed by atoms with Crippen LogP contribution in [-0.4, -0.2) is 122 Å². The van der Waals surface area contributed by atoms with E-state index in [2.05, 4.69) is 53.1 Å². The Hall–Kier alpha value is -5.14. The van der Waals surface area contributed by atoms with E-state index in [0.29, 0.717) is 36.1 Å². The highest BCUT2D eigenvalue weighted by Gasteiger charge is 2.45. The van der Waals surface area contributed by atoms with Crippen molar-refractivity contribution in [2.45, 2.75) is 81.0 Å². The number of amides is 4. The zero-order chi connectivity index (χ0) is 40.5. The van der Waals surface area contributed by atoms with Crippen LogP contribution in [0.2, 0.25) is 0 Å². The molecule has 5 aliphatic heterocycles. The molecule has 1 saturated carbocycles. The van der Waals surface area contributed by atoms with Crippen LogP contribution in [0.25, 0.3) is 5.65 Å². The molecular formula is C40H45F2N11O5S. The van der Waals surface area contributed by atoms with Gasteiger partial charge in [-0.1, -0.05) is 6.07 Å². The van der Waals surface area contributed by atoms with Gasteiger partial charge in [-0.05, 0) is 68.2 Å². The van der Waals surface area contributed by atoms with Gasteiger partial charge in [-0.15, -0.1) is 17.7 Å². The number of aromatic nitrogens is 5. The Kier molecular flexibility index (Phi) is 9.78. The van der Waals surface area contributed by atoms with Crippen molar-refractivity contribution in [2.24, 2.45) is 5.92 Å². The summed E-state index contributed by atoms with van der Waals surface area (Å²) in [5.41, 5.74) is 2.37. The molecule has 0 spiro atoms. The molecule has 2 bridgehead atoms. The lowest BCUT2D eigenvalue weighted by molar-refractivity contribution is -0.137. The first-order valence-electron chi connectivity index (χ1n) is 20.5. The molecule has 5 fully saturated rings. The van der Waals surface area contributed by atoms with Crippen molar-refractivity contribution < 1.29 is 32.7 Å². The molecule has 10 rings (SSSR count). The zero-order valence-electron chi connectivity index (χ0n) is 32.3. The maximum atomic E-state index is 14.4. The fourth-order valence-corrected chi connectivity index (χ4v) is 10.4. The van der Waals surface area contributed by atoms with Crippen molar-refractivity contribution in [3.05, 3.63) is 65.2 Å². The van der Waals surface area contributed by atoms with Crippen molar-refractivity contribution in [3.8, 4) is 0 Å². The second-order valence-corrected chi connectivity index (χ2v) is 17.0. The minimum absolute atomic E-state index is 0.0117. The third-order valence-electron chi connectivity index (χ3n) is 13.0. The Bertz CT molecular complexity index is 2320. The number of carbonyl (C=O) groups excluding carboxylic acids is 4. The summed E-state index contributed by atoms with van der Waals surface area (Å²) in [6.07, 6.45) is 6.77. The van der Waals surface area contributed by atoms with E-state index in [-0.39, 0.29) is 54.1 Å². The first-order chi connectivity index (χ1) is 28.6. The van der Waals surface area contributed by atoms with Gasteiger partial charge >= 0.3 is 0 Å². The number of hydrogen-bond donors (Lipinski definition) is 3. The molecule has 1 aliphatic carbocycles. The average Bonchev–Trinajstić information content (AvgIpc) is 4.08. The summed E-state index contributed by atoms with van der Waals surface area (Å²) in [5.74, 6) is -0.673. The van der Waals surface area contributed by atoms with E-state index in [1.54, 1.807) is 33.9 Å². The van der Waals surface area contributed by atoms with Crippen LogP contribution in [0, 0.1) is 5.92 Å². The monoisotopic (exact) mass is 829 g/mol. The van der Waals surface area contributed by atoms with Gasteiger partial charge in [0, 0.05) is 75.5 Å². The SMILES string of the molecule is O=C1CC[C@@H](N2C(=O)c3cc(N4CCN(CC5CCC(n6cc(NC(=O)c7c(N8C[C@H]9C[C@@H]8CO9)nn8cccnc78)c(C(F)F)n6)CC5)CC4)ccc3[C@H]2S)C(=O)N1. The topological polar surface area (TPSA) is 163 Å². The highest BCUT2D eigenvalue weighted by Crippen LogP contribution is 2.42. The van der Waals surface area contributed by atoms with E-state index in [1.807, 2.05) is 18.2 Å². The zero-order valence-corrected chi connectivity index (χ0v) is 33.1. The van der Waals surface area contributed by atoms with Crippen molar-refractivity contribution in [1.82, 2.24) is 39.5 Å². The summed E-state index contributed by atoms with van der Waals surface area (Å²) >= 11 is 4.69. The molecule has 16 nitrogen and oxygen atoms in total. The standard InChI is InChI=1S/C40H45F2N11O5S/c41-34(42)33-29(44-38(56)32-35-43-10-1-11-51(35)47-36(32)50-19-26-16-25(50)21-58-26)20-52(46-33)23-4-2-22(3-5-23)18-48-12-14-49(15-13-48)24-6-7-27-28(17-24)39(57)53(40(27)59)30-8-9-31(54)45-37(30)55/h1,6-7,10-11,17,20,22-23,25-26,30,34,40,59H,2-5,8-9,12-16,18-19,21H2,(H,44,56)(H,45,54,55)/t22?,23?,25-,26-,30-,40-/m1/s1. The molecule has 2 N–H and O–H groups in total. The number of anilines is 3. The van der Waals surface area contributed by atoms with Crippen LogP contribution in [0.1, 0.15) is 94.8 Å². The molecular weight excluding hydrogens is 785 g/mol. The number of benzene rings is 1. The Morgan fingerprint density at radius 1 is 1.03 bits per heavy atom. The molecule has 310 valence electrons. The molecule has 6 aliphatic rings. The fraction of sp³-hybridized carbons (Fsp3) is 0.525. The summed E-state index contributed by atoms with van der Waals surface area (Å²) in [6, 6.07) is 6.84. The summed E-state index contributed by atoms with van der Waals surface area (Å²) in [7, 11) is 0. The molecule has 4 amide bonds. The van der Waals surface area contributed by atoms with Crippen molar-refractivity contribution in [1.29, 1.82) is 0 Å². The van der Waals surface area contributed by atoms with Gasteiger partial charge in [0.2, 0.25) is 11.8 Å². The molecule has 1 aromatic carbocycles. The predicted octanol–water partition coefficient (Wildman–Crippen LogP) is 3.84. The number of hydrogen-bond acceptors (Lipinski definition) is 12. The Morgan fingerprint density at radius 3 is 2.58 bits per heavy atom. The lowest BCUT2D eigenvalue weighted by Crippen LogP contribution is -2.53. The Labute approximate surface area is 343 Å². The van der Waals surface area contributed by atoms with Gasteiger partial charge in [0.1, 0.15) is 17.0 Å². The second-order valence-electron chi connectivity index (χ2n) is 16.5. The Morgan fingerprint density at radius 2 is 1.85 bits per heavy atom. The van der Waals surface area contributed by atoms with E-state index in [9.17, 15) is 28.0 Å². The molecule has 0 radical (unpaired) electrons. The van der Waals surface area contributed by atoms with Crippen molar-refractivity contribution in [3.63, 3.8) is 0 Å². The van der Waals surface area contributed by atoms with Crippen molar-refractivity contribution in [2.75, 3.05) is 61.0 Å². The highest BCUT2D eigenvalue weighted by atomic mass is 32.1. The number of halogens is 2. The van der Waals surface area contributed by atoms with E-state index in [1.165, 1.54) is 4.90 Å². The maximum Gasteiger partial charge on any atom is 0.284 e. The first kappa shape index (κ1) is 38.1. The van der Waals surface area contributed by atoms with Gasteiger partial charge in [0.25, 0.3) is 18.2 Å². The minimum Gasteiger partial charge on any atom is -0.374 e. The quantitative estimate of drug-likeness (QED) is 0.166. The minimum atomic E-state index is -2.88. The predicted molar refractivity (Wildman–Crippen MR) is 214 cm³/mol. The highest BCUT2D eigenvalue weighted by molar-refractivity contribution is 7.80. The van der Waals surface area contributed by atoms with E-state index < -0.39 is 35.3 Å². The second kappa shape index (κ2) is 15.2. The third-order valence-corrected chi connectivity index (χ3v) is 13.6. The van der Waals surface area contributed by atoms with Gasteiger partial charge in [-0.3, -0.25) is 34.1 Å². The van der Waals surface area contributed by atoms with Crippen LogP contribution < -0.4 is 20.4 Å². The van der Waals surface area contributed by atoms with Crippen LogP contribution in [0.3, 0.4) is 0 Å². The summed E-state index contributed by atoms with van der Waals surface area (Å²) in [4.78, 5) is 64.4. The van der Waals surface area contributed by atoms with Crippen LogP contribution in [0.5, 0.6) is 0 Å². The number of thiol groups is 1. The van der Waals surface area contributed by atoms with Gasteiger partial charge in [0.15, 0.2) is 17.2 Å². The third kappa shape index (κ3) is 6.89.